The van der Waals surface area contributed by atoms with Gasteiger partial charge in [0.1, 0.15) is 0 Å². The monoisotopic (exact) mass is 662 g/mol. The fourth-order valence-corrected chi connectivity index (χ4v) is 10.1. The summed E-state index contributed by atoms with van der Waals surface area (Å²) < 4.78 is 0. The van der Waals surface area contributed by atoms with Crippen molar-refractivity contribution in [2.45, 2.75) is 38.5 Å². The molecule has 0 atom stereocenters. The molecule has 0 aliphatic heterocycles. The van der Waals surface area contributed by atoms with Crippen molar-refractivity contribution >= 4 is 54.2 Å². The van der Waals surface area contributed by atoms with Crippen molar-refractivity contribution in [3.63, 3.8) is 0 Å². The summed E-state index contributed by atoms with van der Waals surface area (Å²) >= 11 is 0. The highest BCUT2D eigenvalue weighted by Gasteiger charge is 2.49. The number of rotatable bonds is 3. The molecule has 11 rings (SSSR count). The quantitative estimate of drug-likeness (QED) is 0.165. The molecule has 9 aromatic rings. The van der Waals surface area contributed by atoms with E-state index in [1.165, 1.54) is 110 Å². The van der Waals surface area contributed by atoms with Crippen molar-refractivity contribution in [2.75, 3.05) is 0 Å². The first-order valence-electron chi connectivity index (χ1n) is 18.6. The minimum absolute atomic E-state index is 0.0182. The van der Waals surface area contributed by atoms with Gasteiger partial charge in [0.05, 0.1) is 0 Å². The van der Waals surface area contributed by atoms with Crippen molar-refractivity contribution in [3.8, 4) is 33.4 Å². The Balaban J connectivity index is 1.06. The number of fused-ring (bicyclic) bond motifs is 5. The zero-order valence-electron chi connectivity index (χ0n) is 30.0. The second kappa shape index (κ2) is 10.3. The molecule has 246 valence electrons. The summed E-state index contributed by atoms with van der Waals surface area (Å²) in [5.74, 6) is 0. The Labute approximate surface area is 305 Å². The molecule has 0 amide bonds. The van der Waals surface area contributed by atoms with Crippen LogP contribution in [0.25, 0.3) is 87.6 Å². The van der Waals surface area contributed by atoms with Gasteiger partial charge in [-0.2, -0.15) is 0 Å². The van der Waals surface area contributed by atoms with Gasteiger partial charge in [0.2, 0.25) is 0 Å². The van der Waals surface area contributed by atoms with E-state index in [-0.39, 0.29) is 10.8 Å². The second-order valence-electron chi connectivity index (χ2n) is 16.1. The highest BCUT2D eigenvalue weighted by atomic mass is 14.5. The van der Waals surface area contributed by atoms with Crippen LogP contribution in [0.4, 0.5) is 0 Å². The minimum Gasteiger partial charge on any atom is -0.0619 e. The van der Waals surface area contributed by atoms with E-state index < -0.39 is 0 Å². The fourth-order valence-electron chi connectivity index (χ4n) is 10.1. The lowest BCUT2D eigenvalue weighted by Crippen LogP contribution is -2.19. The summed E-state index contributed by atoms with van der Waals surface area (Å²) in [7, 11) is 0. The maximum Gasteiger partial charge on any atom is 0.0162 e. The molecular weight excluding hydrogens is 625 g/mol. The third-order valence-electron chi connectivity index (χ3n) is 12.6. The fraction of sp³-hybridized carbons (Fsp3) is 0.115. The maximum absolute atomic E-state index is 2.50. The first kappa shape index (κ1) is 29.7. The summed E-state index contributed by atoms with van der Waals surface area (Å²) in [5.41, 5.74) is 16.2. The summed E-state index contributed by atoms with van der Waals surface area (Å²) in [6, 6.07) is 59.5. The lowest BCUT2D eigenvalue weighted by molar-refractivity contribution is 0.694. The highest BCUT2D eigenvalue weighted by molar-refractivity contribution is 6.27. The van der Waals surface area contributed by atoms with Crippen LogP contribution in [0.2, 0.25) is 0 Å². The van der Waals surface area contributed by atoms with E-state index in [9.17, 15) is 0 Å². The Morgan fingerprint density at radius 1 is 0.308 bits per heavy atom. The van der Waals surface area contributed by atoms with Crippen LogP contribution in [0, 0.1) is 0 Å². The van der Waals surface area contributed by atoms with Crippen LogP contribution in [0.1, 0.15) is 49.9 Å². The summed E-state index contributed by atoms with van der Waals surface area (Å²) in [6.45, 7) is 9.66. The maximum atomic E-state index is 2.50. The highest BCUT2D eigenvalue weighted by Crippen LogP contribution is 2.62. The molecule has 0 unspecified atom stereocenters. The van der Waals surface area contributed by atoms with Gasteiger partial charge >= 0.3 is 0 Å². The van der Waals surface area contributed by atoms with E-state index in [0.29, 0.717) is 0 Å². The molecule has 0 heteroatoms. The molecule has 9 aromatic carbocycles. The smallest absolute Gasteiger partial charge is 0.0162 e. The van der Waals surface area contributed by atoms with Gasteiger partial charge in [0.15, 0.2) is 0 Å². The van der Waals surface area contributed by atoms with Crippen LogP contribution in [0.3, 0.4) is 0 Å². The molecule has 0 bridgehead atoms. The molecule has 0 N–H and O–H groups in total. The summed E-state index contributed by atoms with van der Waals surface area (Å²) in [6.07, 6.45) is 0. The largest absolute Gasteiger partial charge is 0.0619 e. The molecule has 0 aromatic heterocycles. The normalized spacial score (nSPS) is 15.5. The van der Waals surface area contributed by atoms with E-state index in [1.807, 2.05) is 0 Å². The Morgan fingerprint density at radius 2 is 0.808 bits per heavy atom. The van der Waals surface area contributed by atoms with Crippen molar-refractivity contribution in [3.05, 3.63) is 180 Å². The summed E-state index contributed by atoms with van der Waals surface area (Å²) in [5, 5.41) is 10.5. The number of allylic oxidation sites excluding steroid dienone is 2. The van der Waals surface area contributed by atoms with Crippen LogP contribution in [0.15, 0.2) is 158 Å². The molecule has 0 spiro atoms. The molecule has 0 heterocycles. The van der Waals surface area contributed by atoms with Crippen LogP contribution in [-0.4, -0.2) is 0 Å². The zero-order chi connectivity index (χ0) is 34.9. The molecule has 0 nitrogen and oxygen atoms in total. The standard InChI is InChI=1S/C52H38/c1-51(2)45-15-8-7-14-43(45)49-50(51)44-27-22-38(30-46(44)52(49,3)4)40-24-19-33-20-25-41-39(23-18-32-21-26-42(40)48(33)47(32)41)37-13-9-12-35(29-37)36-17-16-31-10-5-6-11-34(31)28-36/h5-30H,1-4H3. The van der Waals surface area contributed by atoms with Crippen LogP contribution < -0.4 is 0 Å². The van der Waals surface area contributed by atoms with Gasteiger partial charge in [-0.3, -0.25) is 0 Å². The molecule has 0 fully saturated rings. The zero-order valence-corrected chi connectivity index (χ0v) is 30.0. The first-order chi connectivity index (χ1) is 25.3. The van der Waals surface area contributed by atoms with Gasteiger partial charge in [0, 0.05) is 10.8 Å². The average molecular weight is 663 g/mol. The van der Waals surface area contributed by atoms with Crippen molar-refractivity contribution in [1.29, 1.82) is 0 Å². The molecular formula is C52H38. The van der Waals surface area contributed by atoms with Gasteiger partial charge < -0.3 is 0 Å². The van der Waals surface area contributed by atoms with E-state index in [2.05, 4.69) is 185 Å². The van der Waals surface area contributed by atoms with Crippen molar-refractivity contribution in [1.82, 2.24) is 0 Å². The average Bonchev–Trinajstić information content (AvgIpc) is 3.58. The third-order valence-corrected chi connectivity index (χ3v) is 12.6. The SMILES string of the molecule is CC1(C)C2=C(c3ccccc31)C(C)(C)c1cc(-c3ccc4ccc5c(-c6cccc(-c7ccc8ccccc8c7)c6)ccc6ccc3c4c65)ccc12. The number of benzene rings is 9. The predicted octanol–water partition coefficient (Wildman–Crippen LogP) is 14.2. The van der Waals surface area contributed by atoms with E-state index >= 15 is 0 Å². The van der Waals surface area contributed by atoms with E-state index in [1.54, 1.807) is 0 Å². The number of hydrogen-bond acceptors (Lipinski definition) is 0. The van der Waals surface area contributed by atoms with Gasteiger partial charge in [0.25, 0.3) is 0 Å². The molecule has 0 saturated carbocycles. The third kappa shape index (κ3) is 3.93. The van der Waals surface area contributed by atoms with Crippen molar-refractivity contribution in [2.24, 2.45) is 0 Å². The Hall–Kier alpha value is -5.98. The lowest BCUT2D eigenvalue weighted by atomic mass is 9.75. The van der Waals surface area contributed by atoms with Gasteiger partial charge in [-0.15, -0.1) is 0 Å². The first-order valence-corrected chi connectivity index (χ1v) is 18.6. The van der Waals surface area contributed by atoms with Crippen LogP contribution >= 0.6 is 0 Å². The Kier molecular flexibility index (Phi) is 5.89. The van der Waals surface area contributed by atoms with Gasteiger partial charge in [-0.25, -0.2) is 0 Å². The van der Waals surface area contributed by atoms with Gasteiger partial charge in [-0.1, -0.05) is 167 Å². The van der Waals surface area contributed by atoms with Crippen LogP contribution in [-0.2, 0) is 10.8 Å². The van der Waals surface area contributed by atoms with Gasteiger partial charge in [-0.05, 0) is 128 Å². The molecule has 2 aliphatic rings. The minimum atomic E-state index is -0.0787. The molecule has 0 radical (unpaired) electrons. The van der Waals surface area contributed by atoms with Crippen molar-refractivity contribution < 1.29 is 0 Å². The molecule has 0 saturated heterocycles. The number of hydrogen-bond donors (Lipinski definition) is 0. The predicted molar refractivity (Wildman–Crippen MR) is 223 cm³/mol. The Bertz CT molecular complexity index is 3000. The Morgan fingerprint density at radius 3 is 1.54 bits per heavy atom. The summed E-state index contributed by atoms with van der Waals surface area (Å²) in [4.78, 5) is 0. The van der Waals surface area contributed by atoms with E-state index in [0.717, 1.165) is 0 Å². The van der Waals surface area contributed by atoms with Crippen LogP contribution in [0.5, 0.6) is 0 Å². The lowest BCUT2D eigenvalue weighted by Gasteiger charge is -2.28. The molecule has 52 heavy (non-hydrogen) atoms. The second-order valence-corrected chi connectivity index (χ2v) is 16.1. The van der Waals surface area contributed by atoms with E-state index in [4.69, 9.17) is 0 Å². The topological polar surface area (TPSA) is 0 Å². The molecule has 2 aliphatic carbocycles.